The van der Waals surface area contributed by atoms with Crippen LogP contribution in [0.15, 0.2) is 48.3 Å². The number of benzene rings is 1. The van der Waals surface area contributed by atoms with Crippen molar-refractivity contribution in [3.05, 3.63) is 53.9 Å². The highest BCUT2D eigenvalue weighted by Gasteiger charge is 2.27. The van der Waals surface area contributed by atoms with Crippen LogP contribution >= 0.6 is 0 Å². The Bertz CT molecular complexity index is 880. The number of fused-ring (bicyclic) bond motifs is 1. The highest BCUT2D eigenvalue weighted by Crippen LogP contribution is 2.36. The van der Waals surface area contributed by atoms with Gasteiger partial charge in [0.15, 0.2) is 0 Å². The molecule has 1 aromatic heterocycles. The zero-order valence-corrected chi connectivity index (χ0v) is 14.0. The number of nitrogens with zero attached hydrogens (tertiary/aromatic N) is 2. The minimum Gasteiger partial charge on any atom is -0.507 e. The third kappa shape index (κ3) is 3.59. The smallest absolute Gasteiger partial charge is 0.322 e. The Balaban J connectivity index is 1.87. The Hall–Kier alpha value is -3.55. The number of carboxylic acid groups (broad SMARTS) is 1. The van der Waals surface area contributed by atoms with Crippen LogP contribution in [0.2, 0.25) is 0 Å². The average molecular weight is 355 g/mol. The molecule has 0 unspecified atom stereocenters. The number of likely N-dealkylation sites (N-methyl/N-ethyl adjacent to an activating group) is 1. The summed E-state index contributed by atoms with van der Waals surface area (Å²) in [6.45, 7) is -0.367. The van der Waals surface area contributed by atoms with Crippen molar-refractivity contribution in [2.45, 2.75) is 0 Å². The minimum atomic E-state index is -1.15. The van der Waals surface area contributed by atoms with E-state index < -0.39 is 18.4 Å². The summed E-state index contributed by atoms with van der Waals surface area (Å²) < 4.78 is 5.76. The molecule has 8 heteroatoms. The number of carbonyl (C=O) groups is 2. The highest BCUT2D eigenvalue weighted by molar-refractivity contribution is 6.04. The van der Waals surface area contributed by atoms with Crippen molar-refractivity contribution in [2.75, 3.05) is 25.0 Å². The summed E-state index contributed by atoms with van der Waals surface area (Å²) in [5.74, 6) is -0.725. The van der Waals surface area contributed by atoms with Crippen molar-refractivity contribution < 1.29 is 24.5 Å². The first-order valence-corrected chi connectivity index (χ1v) is 7.81. The van der Waals surface area contributed by atoms with Crippen molar-refractivity contribution >= 4 is 23.3 Å². The quantitative estimate of drug-likeness (QED) is 0.749. The maximum Gasteiger partial charge on any atom is 0.322 e. The molecular weight excluding hydrogens is 338 g/mol. The number of rotatable bonds is 5. The Kier molecular flexibility index (Phi) is 4.74. The molecule has 0 aliphatic carbocycles. The number of aromatic nitrogens is 1. The van der Waals surface area contributed by atoms with Crippen molar-refractivity contribution in [2.24, 2.45) is 0 Å². The number of aliphatic carboxylic acids is 1. The molecule has 0 radical (unpaired) electrons. The summed E-state index contributed by atoms with van der Waals surface area (Å²) in [4.78, 5) is 28.4. The Morgan fingerprint density at radius 2 is 1.96 bits per heavy atom. The molecule has 3 rings (SSSR count). The van der Waals surface area contributed by atoms with E-state index in [1.165, 1.54) is 0 Å². The molecule has 1 aliphatic heterocycles. The Labute approximate surface area is 149 Å². The van der Waals surface area contributed by atoms with Crippen LogP contribution in [-0.2, 0) is 9.59 Å². The monoisotopic (exact) mass is 355 g/mol. The summed E-state index contributed by atoms with van der Waals surface area (Å²) in [6, 6.07) is 8.55. The maximum absolute atomic E-state index is 12.1. The summed E-state index contributed by atoms with van der Waals surface area (Å²) in [6.07, 6.45) is 3.24. The number of carbonyl (C=O) groups excluding carboxylic acids is 1. The predicted molar refractivity (Wildman–Crippen MR) is 94.2 cm³/mol. The van der Waals surface area contributed by atoms with Gasteiger partial charge >= 0.3 is 5.97 Å². The first-order chi connectivity index (χ1) is 12.5. The normalized spacial score (nSPS) is 13.2. The van der Waals surface area contributed by atoms with Crippen molar-refractivity contribution in [1.29, 1.82) is 0 Å². The SMILES string of the molecule is CN1CC(C(=O)NCC(=O)O)=C(O)c2ccc(Oc3ccncc3)cc21. The first kappa shape index (κ1) is 17.3. The molecule has 0 saturated carbocycles. The van der Waals surface area contributed by atoms with E-state index in [0.29, 0.717) is 22.7 Å². The molecule has 134 valence electrons. The average Bonchev–Trinajstić information content (AvgIpc) is 2.63. The molecule has 2 aromatic rings. The zero-order valence-electron chi connectivity index (χ0n) is 14.0. The molecule has 0 bridgehead atoms. The number of anilines is 1. The second-order valence-corrected chi connectivity index (χ2v) is 5.72. The number of amides is 1. The van der Waals surface area contributed by atoms with Gasteiger partial charge in [-0.25, -0.2) is 0 Å². The van der Waals surface area contributed by atoms with E-state index in [9.17, 15) is 14.7 Å². The fraction of sp³-hybridized carbons (Fsp3) is 0.167. The third-order valence-electron chi connectivity index (χ3n) is 3.88. The Morgan fingerprint density at radius 3 is 2.65 bits per heavy atom. The van der Waals surface area contributed by atoms with Gasteiger partial charge in [-0.2, -0.15) is 0 Å². The number of nitrogens with one attached hydrogen (secondary N) is 1. The van der Waals surface area contributed by atoms with Gasteiger partial charge in [0.05, 0.1) is 17.8 Å². The van der Waals surface area contributed by atoms with E-state index in [0.717, 1.165) is 0 Å². The zero-order chi connectivity index (χ0) is 18.7. The molecule has 2 heterocycles. The molecule has 3 N–H and O–H groups in total. The number of hydrogen-bond acceptors (Lipinski definition) is 6. The fourth-order valence-electron chi connectivity index (χ4n) is 2.64. The molecular formula is C18H17N3O5. The molecule has 26 heavy (non-hydrogen) atoms. The van der Waals surface area contributed by atoms with Gasteiger partial charge in [-0.3, -0.25) is 14.6 Å². The minimum absolute atomic E-state index is 0.115. The number of carboxylic acids is 1. The number of hydrogen-bond donors (Lipinski definition) is 3. The van der Waals surface area contributed by atoms with E-state index in [2.05, 4.69) is 10.3 Å². The highest BCUT2D eigenvalue weighted by atomic mass is 16.5. The molecule has 0 atom stereocenters. The molecule has 0 fully saturated rings. The van der Waals surface area contributed by atoms with Gasteiger partial charge in [-0.05, 0) is 24.3 Å². The largest absolute Gasteiger partial charge is 0.507 e. The summed E-state index contributed by atoms with van der Waals surface area (Å²) in [7, 11) is 1.77. The van der Waals surface area contributed by atoms with Crippen LogP contribution in [0.5, 0.6) is 11.5 Å². The molecule has 0 saturated heterocycles. The van der Waals surface area contributed by atoms with Gasteiger partial charge < -0.3 is 25.2 Å². The van der Waals surface area contributed by atoms with E-state index in [4.69, 9.17) is 9.84 Å². The van der Waals surface area contributed by atoms with Gasteiger partial charge in [0.25, 0.3) is 5.91 Å². The lowest BCUT2D eigenvalue weighted by molar-refractivity contribution is -0.137. The molecule has 8 nitrogen and oxygen atoms in total. The second-order valence-electron chi connectivity index (χ2n) is 5.72. The lowest BCUT2D eigenvalue weighted by atomic mass is 10.00. The second kappa shape index (κ2) is 7.14. The number of pyridine rings is 1. The van der Waals surface area contributed by atoms with Crippen LogP contribution in [0.1, 0.15) is 5.56 Å². The lowest BCUT2D eigenvalue weighted by Gasteiger charge is -2.29. The van der Waals surface area contributed by atoms with Gasteiger partial charge in [0, 0.05) is 31.1 Å². The van der Waals surface area contributed by atoms with Crippen molar-refractivity contribution in [1.82, 2.24) is 10.3 Å². The molecule has 0 spiro atoms. The first-order valence-electron chi connectivity index (χ1n) is 7.81. The fourth-order valence-corrected chi connectivity index (χ4v) is 2.64. The van der Waals surface area contributed by atoms with E-state index in [1.54, 1.807) is 54.7 Å². The molecule has 1 amide bonds. The summed E-state index contributed by atoms with van der Waals surface area (Å²) >= 11 is 0. The lowest BCUT2D eigenvalue weighted by Crippen LogP contribution is -2.37. The standard InChI is InChI=1S/C18H17N3O5/c1-21-10-14(18(25)20-9-16(22)23)17(24)13-3-2-12(8-15(13)21)26-11-4-6-19-7-5-11/h2-8,24H,9-10H2,1H3,(H,20,25)(H,22,23). The van der Waals surface area contributed by atoms with Crippen LogP contribution in [0.25, 0.3) is 5.76 Å². The maximum atomic E-state index is 12.1. The number of ether oxygens (including phenoxy) is 1. The van der Waals surface area contributed by atoms with Crippen molar-refractivity contribution in [3.8, 4) is 11.5 Å². The van der Waals surface area contributed by atoms with Crippen LogP contribution in [0, 0.1) is 0 Å². The topological polar surface area (TPSA) is 112 Å². The van der Waals surface area contributed by atoms with Crippen LogP contribution in [-0.4, -0.2) is 47.2 Å². The summed E-state index contributed by atoms with van der Waals surface area (Å²) in [5.41, 5.74) is 1.29. The Morgan fingerprint density at radius 1 is 1.23 bits per heavy atom. The number of aliphatic hydroxyl groups is 1. The summed E-state index contributed by atoms with van der Waals surface area (Å²) in [5, 5.41) is 21.4. The van der Waals surface area contributed by atoms with E-state index in [-0.39, 0.29) is 17.9 Å². The van der Waals surface area contributed by atoms with Gasteiger partial charge in [-0.1, -0.05) is 0 Å². The van der Waals surface area contributed by atoms with Crippen LogP contribution < -0.4 is 15.0 Å². The van der Waals surface area contributed by atoms with E-state index >= 15 is 0 Å². The van der Waals surface area contributed by atoms with Gasteiger partial charge in [-0.15, -0.1) is 0 Å². The molecule has 1 aliphatic rings. The van der Waals surface area contributed by atoms with Crippen LogP contribution in [0.3, 0.4) is 0 Å². The van der Waals surface area contributed by atoms with Crippen LogP contribution in [0.4, 0.5) is 5.69 Å². The van der Waals surface area contributed by atoms with Gasteiger partial charge in [0.1, 0.15) is 23.8 Å². The number of aliphatic hydroxyl groups excluding tert-OH is 1. The molecule has 1 aromatic carbocycles. The predicted octanol–water partition coefficient (Wildman–Crippen LogP) is 1.79. The van der Waals surface area contributed by atoms with E-state index in [1.807, 2.05) is 0 Å². The van der Waals surface area contributed by atoms with Gasteiger partial charge in [0.2, 0.25) is 0 Å². The van der Waals surface area contributed by atoms with Crippen molar-refractivity contribution in [3.63, 3.8) is 0 Å². The third-order valence-corrected chi connectivity index (χ3v) is 3.88.